The number of rotatable bonds is 4. The van der Waals surface area contributed by atoms with Crippen LogP contribution in [0.5, 0.6) is 5.88 Å². The van der Waals surface area contributed by atoms with E-state index in [0.29, 0.717) is 11.4 Å². The van der Waals surface area contributed by atoms with Crippen LogP contribution >= 0.6 is 0 Å². The molecule has 3 N–H and O–H groups in total. The molecule has 0 aliphatic rings. The summed E-state index contributed by atoms with van der Waals surface area (Å²) in [6, 6.07) is 9.33. The molecule has 0 saturated heterocycles. The fourth-order valence-electron chi connectivity index (χ4n) is 1.44. The molecule has 0 fully saturated rings. The van der Waals surface area contributed by atoms with Crippen molar-refractivity contribution in [1.29, 1.82) is 5.41 Å². The van der Waals surface area contributed by atoms with E-state index in [9.17, 15) is 4.39 Å². The normalized spacial score (nSPS) is 10.1. The van der Waals surface area contributed by atoms with Gasteiger partial charge in [-0.2, -0.15) is 0 Å². The molecule has 0 bridgehead atoms. The SMILES string of the molecule is N=C(N)c1cccnc1OCc1ccc(F)cc1. The van der Waals surface area contributed by atoms with Gasteiger partial charge in [0.2, 0.25) is 5.88 Å². The van der Waals surface area contributed by atoms with Crippen molar-refractivity contribution >= 4 is 5.84 Å². The molecule has 0 saturated carbocycles. The number of nitrogens with one attached hydrogen (secondary N) is 1. The van der Waals surface area contributed by atoms with Gasteiger partial charge in [0.1, 0.15) is 18.3 Å². The Labute approximate surface area is 104 Å². The minimum Gasteiger partial charge on any atom is -0.472 e. The number of halogens is 1. The van der Waals surface area contributed by atoms with Crippen LogP contribution < -0.4 is 10.5 Å². The maximum Gasteiger partial charge on any atom is 0.224 e. The highest BCUT2D eigenvalue weighted by Gasteiger charge is 2.07. The van der Waals surface area contributed by atoms with Crippen LogP contribution in [-0.2, 0) is 6.61 Å². The first kappa shape index (κ1) is 12.0. The summed E-state index contributed by atoms with van der Waals surface area (Å²) in [7, 11) is 0. The van der Waals surface area contributed by atoms with Crippen molar-refractivity contribution in [2.24, 2.45) is 5.73 Å². The average molecular weight is 245 g/mol. The van der Waals surface area contributed by atoms with Gasteiger partial charge in [-0.1, -0.05) is 12.1 Å². The van der Waals surface area contributed by atoms with E-state index in [-0.39, 0.29) is 18.3 Å². The first-order valence-electron chi connectivity index (χ1n) is 5.33. The second-order valence-electron chi connectivity index (χ2n) is 3.68. The third-order valence-electron chi connectivity index (χ3n) is 2.35. The molecule has 18 heavy (non-hydrogen) atoms. The number of nitrogens with two attached hydrogens (primary N) is 1. The molecule has 0 aliphatic heterocycles. The van der Waals surface area contributed by atoms with Crippen LogP contribution in [0.3, 0.4) is 0 Å². The van der Waals surface area contributed by atoms with Crippen LogP contribution in [0, 0.1) is 11.2 Å². The predicted molar refractivity (Wildman–Crippen MR) is 66.0 cm³/mol. The van der Waals surface area contributed by atoms with E-state index in [0.717, 1.165) is 5.56 Å². The Kier molecular flexibility index (Phi) is 3.52. The molecule has 0 spiro atoms. The molecule has 0 unspecified atom stereocenters. The lowest BCUT2D eigenvalue weighted by Crippen LogP contribution is -2.13. The minimum atomic E-state index is -0.291. The summed E-state index contributed by atoms with van der Waals surface area (Å²) >= 11 is 0. The van der Waals surface area contributed by atoms with Crippen LogP contribution in [0.1, 0.15) is 11.1 Å². The van der Waals surface area contributed by atoms with Gasteiger partial charge in [0.25, 0.3) is 0 Å². The Hall–Kier alpha value is -2.43. The van der Waals surface area contributed by atoms with Crippen molar-refractivity contribution in [3.05, 3.63) is 59.5 Å². The lowest BCUT2D eigenvalue weighted by molar-refractivity contribution is 0.293. The first-order valence-corrected chi connectivity index (χ1v) is 5.33. The van der Waals surface area contributed by atoms with Gasteiger partial charge in [-0.05, 0) is 29.8 Å². The predicted octanol–water partition coefficient (Wildman–Crippen LogP) is 2.08. The van der Waals surface area contributed by atoms with Gasteiger partial charge in [0, 0.05) is 6.20 Å². The Bertz CT molecular complexity index is 554. The summed E-state index contributed by atoms with van der Waals surface area (Å²) in [5.74, 6) is -0.0902. The Morgan fingerprint density at radius 3 is 2.67 bits per heavy atom. The molecule has 0 atom stereocenters. The number of nitrogens with zero attached hydrogens (tertiary/aromatic N) is 1. The Morgan fingerprint density at radius 2 is 2.00 bits per heavy atom. The van der Waals surface area contributed by atoms with E-state index in [1.54, 1.807) is 30.5 Å². The molecule has 1 aromatic heterocycles. The van der Waals surface area contributed by atoms with Gasteiger partial charge >= 0.3 is 0 Å². The average Bonchev–Trinajstić information content (AvgIpc) is 2.38. The highest BCUT2D eigenvalue weighted by molar-refractivity contribution is 5.96. The lowest BCUT2D eigenvalue weighted by Gasteiger charge is -2.08. The van der Waals surface area contributed by atoms with Gasteiger partial charge in [-0.15, -0.1) is 0 Å². The van der Waals surface area contributed by atoms with E-state index in [1.165, 1.54) is 12.1 Å². The quantitative estimate of drug-likeness (QED) is 0.640. The van der Waals surface area contributed by atoms with E-state index in [4.69, 9.17) is 15.9 Å². The maximum absolute atomic E-state index is 12.7. The monoisotopic (exact) mass is 245 g/mol. The molecule has 4 nitrogen and oxygen atoms in total. The Balaban J connectivity index is 2.10. The van der Waals surface area contributed by atoms with Crippen LogP contribution in [0.2, 0.25) is 0 Å². The summed E-state index contributed by atoms with van der Waals surface area (Å²) in [5.41, 5.74) is 6.68. The molecule has 0 radical (unpaired) electrons. The minimum absolute atomic E-state index is 0.0998. The number of benzene rings is 1. The highest BCUT2D eigenvalue weighted by Crippen LogP contribution is 2.15. The zero-order valence-corrected chi connectivity index (χ0v) is 9.56. The third kappa shape index (κ3) is 2.82. The number of ether oxygens (including phenoxy) is 1. The molecule has 0 aliphatic carbocycles. The van der Waals surface area contributed by atoms with Gasteiger partial charge in [-0.25, -0.2) is 9.37 Å². The van der Waals surface area contributed by atoms with Crippen molar-refractivity contribution in [2.75, 3.05) is 0 Å². The third-order valence-corrected chi connectivity index (χ3v) is 2.35. The Morgan fingerprint density at radius 1 is 1.28 bits per heavy atom. The summed E-state index contributed by atoms with van der Waals surface area (Å²) in [4.78, 5) is 4.02. The number of nitrogen functional groups attached to an aromatic ring is 1. The lowest BCUT2D eigenvalue weighted by atomic mass is 10.2. The fourth-order valence-corrected chi connectivity index (χ4v) is 1.44. The first-order chi connectivity index (χ1) is 8.66. The number of pyridine rings is 1. The maximum atomic E-state index is 12.7. The molecular formula is C13H12FN3O. The van der Waals surface area contributed by atoms with Crippen LogP contribution in [0.15, 0.2) is 42.6 Å². The molecule has 92 valence electrons. The molecule has 2 rings (SSSR count). The summed E-state index contributed by atoms with van der Waals surface area (Å²) < 4.78 is 18.2. The van der Waals surface area contributed by atoms with E-state index >= 15 is 0 Å². The number of aromatic nitrogens is 1. The van der Waals surface area contributed by atoms with E-state index in [1.807, 2.05) is 0 Å². The van der Waals surface area contributed by atoms with Gasteiger partial charge in [0.15, 0.2) is 0 Å². The van der Waals surface area contributed by atoms with Crippen molar-refractivity contribution in [1.82, 2.24) is 4.98 Å². The van der Waals surface area contributed by atoms with Crippen molar-refractivity contribution in [2.45, 2.75) is 6.61 Å². The second-order valence-corrected chi connectivity index (χ2v) is 3.68. The molecule has 0 amide bonds. The van der Waals surface area contributed by atoms with Crippen LogP contribution in [0.4, 0.5) is 4.39 Å². The molecule has 5 heteroatoms. The number of hydrogen-bond acceptors (Lipinski definition) is 3. The molecule has 2 aromatic rings. The number of amidine groups is 1. The zero-order valence-electron chi connectivity index (χ0n) is 9.56. The second kappa shape index (κ2) is 5.27. The molecule has 1 aromatic carbocycles. The van der Waals surface area contributed by atoms with Crippen molar-refractivity contribution < 1.29 is 9.13 Å². The summed E-state index contributed by atoms with van der Waals surface area (Å²) in [6.07, 6.45) is 1.56. The van der Waals surface area contributed by atoms with Gasteiger partial charge in [0.05, 0.1) is 5.56 Å². The van der Waals surface area contributed by atoms with Crippen LogP contribution in [-0.4, -0.2) is 10.8 Å². The smallest absolute Gasteiger partial charge is 0.224 e. The van der Waals surface area contributed by atoms with Gasteiger partial charge < -0.3 is 10.5 Å². The fraction of sp³-hybridized carbons (Fsp3) is 0.0769. The van der Waals surface area contributed by atoms with Gasteiger partial charge in [-0.3, -0.25) is 5.41 Å². The topological polar surface area (TPSA) is 72.0 Å². The van der Waals surface area contributed by atoms with Crippen molar-refractivity contribution in [3.8, 4) is 5.88 Å². The standard InChI is InChI=1S/C13H12FN3O/c14-10-5-3-9(4-6-10)8-18-13-11(12(15)16)2-1-7-17-13/h1-7H,8H2,(H3,15,16). The van der Waals surface area contributed by atoms with E-state index in [2.05, 4.69) is 4.98 Å². The van der Waals surface area contributed by atoms with Crippen molar-refractivity contribution in [3.63, 3.8) is 0 Å². The molecule has 1 heterocycles. The zero-order chi connectivity index (χ0) is 13.0. The summed E-state index contributed by atoms with van der Waals surface area (Å²) in [5, 5.41) is 7.40. The number of hydrogen-bond donors (Lipinski definition) is 2. The summed E-state index contributed by atoms with van der Waals surface area (Å²) in [6.45, 7) is 0.248. The molecular weight excluding hydrogens is 233 g/mol. The largest absolute Gasteiger partial charge is 0.472 e. The highest BCUT2D eigenvalue weighted by atomic mass is 19.1. The van der Waals surface area contributed by atoms with Crippen LogP contribution in [0.25, 0.3) is 0 Å². The van der Waals surface area contributed by atoms with E-state index < -0.39 is 0 Å².